The van der Waals surface area contributed by atoms with E-state index < -0.39 is 0 Å². The van der Waals surface area contributed by atoms with Gasteiger partial charge in [-0.3, -0.25) is 14.6 Å². The minimum Gasteiger partial charge on any atom is -0.484 e. The third kappa shape index (κ3) is 6.55. The molecule has 0 aliphatic carbocycles. The van der Waals surface area contributed by atoms with E-state index in [1.807, 2.05) is 49.4 Å². The van der Waals surface area contributed by atoms with Crippen LogP contribution in [0, 0.1) is 6.92 Å². The van der Waals surface area contributed by atoms with Crippen molar-refractivity contribution in [3.8, 4) is 5.75 Å². The van der Waals surface area contributed by atoms with E-state index in [1.165, 1.54) is 0 Å². The van der Waals surface area contributed by atoms with Crippen molar-refractivity contribution >= 4 is 11.9 Å². The van der Waals surface area contributed by atoms with E-state index in [2.05, 4.69) is 4.98 Å². The second-order valence-electron chi connectivity index (χ2n) is 5.79. The van der Waals surface area contributed by atoms with Gasteiger partial charge in [0.15, 0.2) is 6.61 Å². The van der Waals surface area contributed by atoms with E-state index >= 15 is 0 Å². The molecule has 2 aromatic rings. The van der Waals surface area contributed by atoms with Gasteiger partial charge < -0.3 is 14.4 Å². The fourth-order valence-corrected chi connectivity index (χ4v) is 2.31. The number of aromatic nitrogens is 1. The number of nitrogens with zero attached hydrogens (tertiary/aromatic N) is 2. The van der Waals surface area contributed by atoms with E-state index in [-0.39, 0.29) is 31.4 Å². The molecule has 6 nitrogen and oxygen atoms in total. The molecule has 0 radical (unpaired) electrons. The number of ether oxygens (including phenoxy) is 2. The molecule has 0 aliphatic heterocycles. The second-order valence-corrected chi connectivity index (χ2v) is 5.79. The Kier molecular flexibility index (Phi) is 7.61. The van der Waals surface area contributed by atoms with Crippen molar-refractivity contribution < 1.29 is 19.1 Å². The number of hydrogen-bond acceptors (Lipinski definition) is 5. The van der Waals surface area contributed by atoms with Gasteiger partial charge in [-0.05, 0) is 38.1 Å². The van der Waals surface area contributed by atoms with Gasteiger partial charge >= 0.3 is 5.97 Å². The Morgan fingerprint density at radius 1 is 1.12 bits per heavy atom. The third-order valence-electron chi connectivity index (χ3n) is 3.71. The van der Waals surface area contributed by atoms with Gasteiger partial charge in [0.1, 0.15) is 5.75 Å². The Labute approximate surface area is 153 Å². The molecule has 0 unspecified atom stereocenters. The first-order valence-corrected chi connectivity index (χ1v) is 8.61. The van der Waals surface area contributed by atoms with Crippen LogP contribution in [0.5, 0.6) is 5.75 Å². The molecule has 0 spiro atoms. The van der Waals surface area contributed by atoms with Crippen LogP contribution in [-0.2, 0) is 20.9 Å². The molecule has 138 valence electrons. The summed E-state index contributed by atoms with van der Waals surface area (Å²) in [5, 5.41) is 0. The van der Waals surface area contributed by atoms with Crippen LogP contribution < -0.4 is 4.74 Å². The summed E-state index contributed by atoms with van der Waals surface area (Å²) in [7, 11) is 0. The van der Waals surface area contributed by atoms with Crippen molar-refractivity contribution in [2.75, 3.05) is 19.8 Å². The lowest BCUT2D eigenvalue weighted by atomic mass is 10.2. The highest BCUT2D eigenvalue weighted by molar-refractivity contribution is 5.78. The average Bonchev–Trinajstić information content (AvgIpc) is 2.65. The van der Waals surface area contributed by atoms with Crippen LogP contribution in [-0.4, -0.2) is 41.5 Å². The first kappa shape index (κ1) is 19.4. The molecular weight excluding hydrogens is 332 g/mol. The molecule has 0 saturated carbocycles. The average molecular weight is 356 g/mol. The molecule has 0 fully saturated rings. The molecular formula is C20H24N2O4. The van der Waals surface area contributed by atoms with Crippen molar-refractivity contribution in [1.82, 2.24) is 9.88 Å². The molecule has 1 aromatic heterocycles. The summed E-state index contributed by atoms with van der Waals surface area (Å²) in [6.07, 6.45) is 1.81. The fourth-order valence-electron chi connectivity index (χ4n) is 2.31. The van der Waals surface area contributed by atoms with Gasteiger partial charge in [-0.15, -0.1) is 0 Å². The van der Waals surface area contributed by atoms with Gasteiger partial charge in [0.05, 0.1) is 25.3 Å². The number of esters is 1. The van der Waals surface area contributed by atoms with Gasteiger partial charge in [0, 0.05) is 12.7 Å². The first-order valence-electron chi connectivity index (χ1n) is 8.61. The Hall–Kier alpha value is -2.89. The highest BCUT2D eigenvalue weighted by Crippen LogP contribution is 2.12. The predicted molar refractivity (Wildman–Crippen MR) is 97.6 cm³/mol. The maximum Gasteiger partial charge on any atom is 0.307 e. The van der Waals surface area contributed by atoms with E-state index in [0.717, 1.165) is 11.3 Å². The third-order valence-corrected chi connectivity index (χ3v) is 3.71. The van der Waals surface area contributed by atoms with Crippen molar-refractivity contribution in [3.63, 3.8) is 0 Å². The summed E-state index contributed by atoms with van der Waals surface area (Å²) >= 11 is 0. The quantitative estimate of drug-likeness (QED) is 0.646. The molecule has 0 aliphatic rings. The minimum atomic E-state index is -0.328. The van der Waals surface area contributed by atoms with E-state index in [9.17, 15) is 9.59 Å². The SMILES string of the molecule is CCOC(=O)CCN(Cc1ccccn1)C(=O)COc1ccc(C)cc1. The molecule has 6 heteroatoms. The summed E-state index contributed by atoms with van der Waals surface area (Å²) in [5.74, 6) is 0.0958. The number of carbonyl (C=O) groups excluding carboxylic acids is 2. The van der Waals surface area contributed by atoms with E-state index in [0.29, 0.717) is 18.9 Å². The van der Waals surface area contributed by atoms with Crippen molar-refractivity contribution in [3.05, 3.63) is 59.9 Å². The number of pyridine rings is 1. The number of amides is 1. The molecule has 1 heterocycles. The fraction of sp³-hybridized carbons (Fsp3) is 0.350. The zero-order valence-electron chi connectivity index (χ0n) is 15.2. The molecule has 0 N–H and O–H groups in total. The number of aryl methyl sites for hydroxylation is 1. The zero-order valence-corrected chi connectivity index (χ0v) is 15.2. The second kappa shape index (κ2) is 10.2. The van der Waals surface area contributed by atoms with Crippen molar-refractivity contribution in [2.24, 2.45) is 0 Å². The Morgan fingerprint density at radius 2 is 1.88 bits per heavy atom. The highest BCUT2D eigenvalue weighted by Gasteiger charge is 2.17. The number of benzene rings is 1. The van der Waals surface area contributed by atoms with Gasteiger partial charge in [-0.1, -0.05) is 23.8 Å². The predicted octanol–water partition coefficient (Wildman–Crippen LogP) is 2.75. The number of carbonyl (C=O) groups is 2. The normalized spacial score (nSPS) is 10.2. The van der Waals surface area contributed by atoms with Crippen LogP contribution in [0.3, 0.4) is 0 Å². The lowest BCUT2D eigenvalue weighted by molar-refractivity contribution is -0.144. The molecule has 26 heavy (non-hydrogen) atoms. The first-order chi connectivity index (χ1) is 12.6. The van der Waals surface area contributed by atoms with Crippen LogP contribution in [0.2, 0.25) is 0 Å². The Balaban J connectivity index is 1.97. The minimum absolute atomic E-state index is 0.0985. The maximum atomic E-state index is 12.6. The summed E-state index contributed by atoms with van der Waals surface area (Å²) in [6, 6.07) is 13.0. The van der Waals surface area contributed by atoms with E-state index in [1.54, 1.807) is 18.0 Å². The van der Waals surface area contributed by atoms with E-state index in [4.69, 9.17) is 9.47 Å². The molecule has 0 atom stereocenters. The Morgan fingerprint density at radius 3 is 2.54 bits per heavy atom. The monoisotopic (exact) mass is 356 g/mol. The van der Waals surface area contributed by atoms with Crippen molar-refractivity contribution in [2.45, 2.75) is 26.8 Å². The van der Waals surface area contributed by atoms with Crippen LogP contribution in [0.1, 0.15) is 24.6 Å². The van der Waals surface area contributed by atoms with Gasteiger partial charge in [0.2, 0.25) is 0 Å². The van der Waals surface area contributed by atoms with Gasteiger partial charge in [0.25, 0.3) is 5.91 Å². The van der Waals surface area contributed by atoms with Crippen LogP contribution >= 0.6 is 0 Å². The maximum absolute atomic E-state index is 12.6. The number of rotatable bonds is 9. The lowest BCUT2D eigenvalue weighted by Gasteiger charge is -2.22. The standard InChI is InChI=1S/C20H24N2O4/c1-3-25-20(24)11-13-22(14-17-6-4-5-12-21-17)19(23)15-26-18-9-7-16(2)8-10-18/h4-10,12H,3,11,13-15H2,1-2H3. The zero-order chi connectivity index (χ0) is 18.8. The van der Waals surface area contributed by atoms with Gasteiger partial charge in [-0.2, -0.15) is 0 Å². The largest absolute Gasteiger partial charge is 0.484 e. The number of hydrogen-bond donors (Lipinski definition) is 0. The molecule has 1 aromatic carbocycles. The Bertz CT molecular complexity index is 702. The summed E-state index contributed by atoms with van der Waals surface area (Å²) in [6.45, 7) is 4.53. The molecule has 1 amide bonds. The smallest absolute Gasteiger partial charge is 0.307 e. The van der Waals surface area contributed by atoms with Crippen LogP contribution in [0.4, 0.5) is 0 Å². The topological polar surface area (TPSA) is 68.7 Å². The van der Waals surface area contributed by atoms with Crippen LogP contribution in [0.25, 0.3) is 0 Å². The molecule has 0 saturated heterocycles. The van der Waals surface area contributed by atoms with Gasteiger partial charge in [-0.25, -0.2) is 0 Å². The van der Waals surface area contributed by atoms with Crippen LogP contribution in [0.15, 0.2) is 48.7 Å². The van der Waals surface area contributed by atoms with Crippen molar-refractivity contribution in [1.29, 1.82) is 0 Å². The summed E-state index contributed by atoms with van der Waals surface area (Å²) < 4.78 is 10.5. The molecule has 2 rings (SSSR count). The molecule has 0 bridgehead atoms. The summed E-state index contributed by atoms with van der Waals surface area (Å²) in [4.78, 5) is 30.0. The highest BCUT2D eigenvalue weighted by atomic mass is 16.5. The lowest BCUT2D eigenvalue weighted by Crippen LogP contribution is -2.36. The summed E-state index contributed by atoms with van der Waals surface area (Å²) in [5.41, 5.74) is 1.87.